The lowest BCUT2D eigenvalue weighted by Gasteiger charge is -2.35. The van der Waals surface area contributed by atoms with Crippen molar-refractivity contribution < 1.29 is 4.79 Å². The number of nitrogens with zero attached hydrogens (tertiary/aromatic N) is 2. The second kappa shape index (κ2) is 6.78. The van der Waals surface area contributed by atoms with Gasteiger partial charge in [0.2, 0.25) is 0 Å². The lowest BCUT2D eigenvalue weighted by molar-refractivity contribution is 0.0605. The number of pyridine rings is 1. The minimum atomic E-state index is 0.182. The zero-order valence-electron chi connectivity index (χ0n) is 12.4. The van der Waals surface area contributed by atoms with Crippen molar-refractivity contribution in [1.82, 2.24) is 9.88 Å². The summed E-state index contributed by atoms with van der Waals surface area (Å²) in [6.45, 7) is 0.840. The Morgan fingerprint density at radius 1 is 1.29 bits per heavy atom. The van der Waals surface area contributed by atoms with Crippen LogP contribution in [0, 0.1) is 5.92 Å². The molecule has 1 aromatic rings. The Morgan fingerprint density at radius 2 is 2.10 bits per heavy atom. The molecule has 0 spiro atoms. The van der Waals surface area contributed by atoms with Gasteiger partial charge in [0, 0.05) is 24.7 Å². The summed E-state index contributed by atoms with van der Waals surface area (Å²) in [7, 11) is 0. The van der Waals surface area contributed by atoms with Gasteiger partial charge in [-0.1, -0.05) is 19.3 Å². The maximum absolute atomic E-state index is 12.9. The predicted octanol–water partition coefficient (Wildman–Crippen LogP) is 3.66. The quantitative estimate of drug-likeness (QED) is 0.799. The molecule has 0 radical (unpaired) electrons. The molecule has 2 aliphatic rings. The van der Waals surface area contributed by atoms with E-state index in [9.17, 15) is 4.79 Å². The standard InChI is InChI=1S/C17H23ClN2O/c18-9-8-13-11-16-15(7-4-10-19-16)17(21)20(12-13)14-5-2-1-3-6-14/h4,7,10,13-14H,1-3,5-6,8-9,11-12H2. The molecule has 21 heavy (non-hydrogen) atoms. The third-order valence-electron chi connectivity index (χ3n) is 4.85. The average Bonchev–Trinajstić information content (AvgIpc) is 2.66. The minimum absolute atomic E-state index is 0.182. The van der Waals surface area contributed by atoms with Crippen LogP contribution in [0.4, 0.5) is 0 Å². The van der Waals surface area contributed by atoms with Crippen LogP contribution in [0.2, 0.25) is 0 Å². The lowest BCUT2D eigenvalue weighted by Crippen LogP contribution is -2.43. The average molecular weight is 307 g/mol. The van der Waals surface area contributed by atoms with Crippen LogP contribution in [0.1, 0.15) is 54.6 Å². The van der Waals surface area contributed by atoms with Gasteiger partial charge in [-0.3, -0.25) is 9.78 Å². The molecule has 114 valence electrons. The first-order chi connectivity index (χ1) is 10.3. The third kappa shape index (κ3) is 3.23. The highest BCUT2D eigenvalue weighted by Gasteiger charge is 2.32. The van der Waals surface area contributed by atoms with Gasteiger partial charge in [-0.2, -0.15) is 0 Å². The van der Waals surface area contributed by atoms with Crippen LogP contribution in [-0.2, 0) is 6.42 Å². The van der Waals surface area contributed by atoms with E-state index in [1.54, 1.807) is 6.20 Å². The molecule has 0 saturated heterocycles. The van der Waals surface area contributed by atoms with Gasteiger partial charge in [0.15, 0.2) is 0 Å². The zero-order chi connectivity index (χ0) is 14.7. The fraction of sp³-hybridized carbons (Fsp3) is 0.647. The van der Waals surface area contributed by atoms with Crippen molar-refractivity contribution in [1.29, 1.82) is 0 Å². The highest BCUT2D eigenvalue weighted by molar-refractivity contribution is 6.17. The van der Waals surface area contributed by atoms with Gasteiger partial charge in [-0.25, -0.2) is 0 Å². The van der Waals surface area contributed by atoms with Crippen LogP contribution in [-0.4, -0.2) is 34.3 Å². The summed E-state index contributed by atoms with van der Waals surface area (Å²) in [6.07, 6.45) is 9.71. The molecule has 1 amide bonds. The number of rotatable bonds is 3. The summed E-state index contributed by atoms with van der Waals surface area (Å²) in [5.41, 5.74) is 1.76. The molecule has 1 aliphatic carbocycles. The van der Waals surface area contributed by atoms with Gasteiger partial charge in [0.05, 0.1) is 11.3 Å². The molecule has 3 rings (SSSR count). The molecule has 1 saturated carbocycles. The maximum atomic E-state index is 12.9. The van der Waals surface area contributed by atoms with Crippen molar-refractivity contribution in [2.24, 2.45) is 5.92 Å². The number of carbonyl (C=O) groups is 1. The molecule has 1 unspecified atom stereocenters. The summed E-state index contributed by atoms with van der Waals surface area (Å²) in [5, 5.41) is 0. The van der Waals surface area contributed by atoms with Crippen molar-refractivity contribution >= 4 is 17.5 Å². The molecule has 0 bridgehead atoms. The molecule has 2 heterocycles. The van der Waals surface area contributed by atoms with E-state index in [0.29, 0.717) is 17.8 Å². The van der Waals surface area contributed by atoms with Crippen molar-refractivity contribution in [3.8, 4) is 0 Å². The normalized spacial score (nSPS) is 23.8. The van der Waals surface area contributed by atoms with Gasteiger partial charge < -0.3 is 4.90 Å². The Morgan fingerprint density at radius 3 is 2.86 bits per heavy atom. The molecule has 3 nitrogen and oxygen atoms in total. The monoisotopic (exact) mass is 306 g/mol. The number of amides is 1. The smallest absolute Gasteiger partial charge is 0.255 e. The van der Waals surface area contributed by atoms with Gasteiger partial charge in [-0.15, -0.1) is 11.6 Å². The number of halogens is 1. The van der Waals surface area contributed by atoms with Crippen LogP contribution in [0.15, 0.2) is 18.3 Å². The predicted molar refractivity (Wildman–Crippen MR) is 84.7 cm³/mol. The number of hydrogen-bond donors (Lipinski definition) is 0. The molecule has 1 atom stereocenters. The van der Waals surface area contributed by atoms with Crippen molar-refractivity contribution in [2.45, 2.75) is 51.0 Å². The van der Waals surface area contributed by atoms with Crippen molar-refractivity contribution in [3.63, 3.8) is 0 Å². The van der Waals surface area contributed by atoms with E-state index in [-0.39, 0.29) is 5.91 Å². The zero-order valence-corrected chi connectivity index (χ0v) is 13.2. The molecule has 1 aromatic heterocycles. The number of alkyl halides is 1. The SMILES string of the molecule is O=C1c2cccnc2CC(CCCl)CN1C1CCCCC1. The van der Waals surface area contributed by atoms with Crippen molar-refractivity contribution in [3.05, 3.63) is 29.6 Å². The molecule has 4 heteroatoms. The van der Waals surface area contributed by atoms with Gasteiger partial charge in [0.25, 0.3) is 5.91 Å². The molecule has 1 fully saturated rings. The molecule has 0 N–H and O–H groups in total. The summed E-state index contributed by atoms with van der Waals surface area (Å²) >= 11 is 5.96. The minimum Gasteiger partial charge on any atom is -0.335 e. The second-order valence-corrected chi connectivity index (χ2v) is 6.67. The van der Waals surface area contributed by atoms with E-state index in [1.165, 1.54) is 19.3 Å². The van der Waals surface area contributed by atoms with Crippen molar-refractivity contribution in [2.75, 3.05) is 12.4 Å². The Hall–Kier alpha value is -1.09. The number of fused-ring (bicyclic) bond motifs is 1. The van der Waals surface area contributed by atoms with Crippen LogP contribution in [0.3, 0.4) is 0 Å². The van der Waals surface area contributed by atoms with E-state index in [1.807, 2.05) is 12.1 Å². The van der Waals surface area contributed by atoms with E-state index in [4.69, 9.17) is 11.6 Å². The summed E-state index contributed by atoms with van der Waals surface area (Å²) in [6, 6.07) is 4.22. The molecule has 1 aliphatic heterocycles. The molecule has 0 aromatic carbocycles. The third-order valence-corrected chi connectivity index (χ3v) is 5.07. The summed E-state index contributed by atoms with van der Waals surface area (Å²) in [5.74, 6) is 1.27. The number of hydrogen-bond acceptors (Lipinski definition) is 2. The summed E-state index contributed by atoms with van der Waals surface area (Å²) in [4.78, 5) is 19.5. The van der Waals surface area contributed by atoms with Gasteiger partial charge in [0.1, 0.15) is 0 Å². The van der Waals surface area contributed by atoms with Crippen LogP contribution in [0.5, 0.6) is 0 Å². The van der Waals surface area contributed by atoms with E-state index in [0.717, 1.165) is 43.5 Å². The second-order valence-electron chi connectivity index (χ2n) is 6.29. The van der Waals surface area contributed by atoms with Crippen LogP contribution >= 0.6 is 11.6 Å². The fourth-order valence-electron chi connectivity index (χ4n) is 3.70. The van der Waals surface area contributed by atoms with E-state index >= 15 is 0 Å². The highest BCUT2D eigenvalue weighted by Crippen LogP contribution is 2.29. The largest absolute Gasteiger partial charge is 0.335 e. The first kappa shape index (κ1) is 14.8. The summed E-state index contributed by atoms with van der Waals surface area (Å²) < 4.78 is 0. The van der Waals surface area contributed by atoms with E-state index < -0.39 is 0 Å². The first-order valence-electron chi connectivity index (χ1n) is 8.10. The van der Waals surface area contributed by atoms with Crippen LogP contribution < -0.4 is 0 Å². The molecular weight excluding hydrogens is 284 g/mol. The Kier molecular flexibility index (Phi) is 4.79. The van der Waals surface area contributed by atoms with E-state index in [2.05, 4.69) is 9.88 Å². The lowest BCUT2D eigenvalue weighted by atomic mass is 9.93. The Labute approximate surface area is 131 Å². The fourth-order valence-corrected chi connectivity index (χ4v) is 4.01. The highest BCUT2D eigenvalue weighted by atomic mass is 35.5. The number of aromatic nitrogens is 1. The number of carbonyl (C=O) groups excluding carboxylic acids is 1. The topological polar surface area (TPSA) is 33.2 Å². The Bertz CT molecular complexity index is 499. The maximum Gasteiger partial charge on any atom is 0.255 e. The van der Waals surface area contributed by atoms with Crippen LogP contribution in [0.25, 0.3) is 0 Å². The first-order valence-corrected chi connectivity index (χ1v) is 8.64. The van der Waals surface area contributed by atoms with Gasteiger partial charge in [-0.05, 0) is 43.7 Å². The Balaban J connectivity index is 1.89. The van der Waals surface area contributed by atoms with Gasteiger partial charge >= 0.3 is 0 Å². The molecular formula is C17H23ClN2O.